The molecule has 1 fully saturated rings. The Hall–Kier alpha value is -2.30. The van der Waals surface area contributed by atoms with Gasteiger partial charge in [-0.25, -0.2) is 0 Å². The molecule has 1 saturated heterocycles. The third-order valence-corrected chi connectivity index (χ3v) is 2.96. The van der Waals surface area contributed by atoms with Gasteiger partial charge < -0.3 is 19.6 Å². The molecule has 1 atom stereocenters. The molecular weight excluding hydrogens is 234 g/mol. The number of allylic oxidation sites excluding steroid dienone is 1. The van der Waals surface area contributed by atoms with E-state index in [0.717, 1.165) is 17.0 Å². The highest BCUT2D eigenvalue weighted by Crippen LogP contribution is 2.33. The number of aldehydes is 1. The van der Waals surface area contributed by atoms with Crippen LogP contribution in [0.2, 0.25) is 0 Å². The Morgan fingerprint density at radius 2 is 2.11 bits per heavy atom. The molecule has 2 aliphatic rings. The highest BCUT2D eigenvalue weighted by Gasteiger charge is 2.27. The second-order valence-corrected chi connectivity index (χ2v) is 4.22. The van der Waals surface area contributed by atoms with Crippen molar-refractivity contribution in [3.05, 3.63) is 29.5 Å². The van der Waals surface area contributed by atoms with Gasteiger partial charge in [-0.15, -0.1) is 0 Å². The minimum absolute atomic E-state index is 0.235. The van der Waals surface area contributed by atoms with Gasteiger partial charge in [0, 0.05) is 12.1 Å². The van der Waals surface area contributed by atoms with Gasteiger partial charge in [0.15, 0.2) is 11.5 Å². The van der Waals surface area contributed by atoms with Crippen LogP contribution in [-0.2, 0) is 9.59 Å². The van der Waals surface area contributed by atoms with Crippen molar-refractivity contribution in [3.63, 3.8) is 0 Å². The van der Waals surface area contributed by atoms with Crippen LogP contribution in [-0.4, -0.2) is 19.0 Å². The SMILES string of the molecule is O=CC1CC(=Cc2ccc3c(c2)OCO3)NC1=O. The Morgan fingerprint density at radius 1 is 1.28 bits per heavy atom. The quantitative estimate of drug-likeness (QED) is 0.625. The van der Waals surface area contributed by atoms with Crippen molar-refractivity contribution in [3.8, 4) is 11.5 Å². The maximum Gasteiger partial charge on any atom is 0.234 e. The zero-order chi connectivity index (χ0) is 12.5. The first-order chi connectivity index (χ1) is 8.76. The van der Waals surface area contributed by atoms with Crippen molar-refractivity contribution >= 4 is 18.3 Å². The van der Waals surface area contributed by atoms with Gasteiger partial charge in [-0.2, -0.15) is 0 Å². The molecule has 1 aromatic carbocycles. The summed E-state index contributed by atoms with van der Waals surface area (Å²) in [6.07, 6.45) is 2.94. The lowest BCUT2D eigenvalue weighted by atomic mass is 10.1. The number of ether oxygens (including phenoxy) is 2. The van der Waals surface area contributed by atoms with Crippen molar-refractivity contribution in [2.75, 3.05) is 6.79 Å². The minimum Gasteiger partial charge on any atom is -0.454 e. The summed E-state index contributed by atoms with van der Waals surface area (Å²) >= 11 is 0. The van der Waals surface area contributed by atoms with Crippen LogP contribution in [0.5, 0.6) is 11.5 Å². The molecule has 1 aromatic rings. The average molecular weight is 245 g/mol. The van der Waals surface area contributed by atoms with Gasteiger partial charge in [0.2, 0.25) is 12.7 Å². The van der Waals surface area contributed by atoms with E-state index in [1.807, 2.05) is 24.3 Å². The fourth-order valence-corrected chi connectivity index (χ4v) is 2.04. The molecule has 1 N–H and O–H groups in total. The Bertz CT molecular complexity index is 550. The summed E-state index contributed by atoms with van der Waals surface area (Å²) in [5.41, 5.74) is 1.65. The summed E-state index contributed by atoms with van der Waals surface area (Å²) < 4.78 is 10.5. The lowest BCUT2D eigenvalue weighted by molar-refractivity contribution is -0.126. The lowest BCUT2D eigenvalue weighted by Gasteiger charge is -2.00. The van der Waals surface area contributed by atoms with Crippen LogP contribution in [0.1, 0.15) is 12.0 Å². The molecule has 5 nitrogen and oxygen atoms in total. The molecule has 0 bridgehead atoms. The Balaban J connectivity index is 1.84. The number of benzene rings is 1. The van der Waals surface area contributed by atoms with Crippen molar-refractivity contribution in [1.29, 1.82) is 0 Å². The van der Waals surface area contributed by atoms with Crippen LogP contribution in [0.4, 0.5) is 0 Å². The number of fused-ring (bicyclic) bond motifs is 1. The zero-order valence-corrected chi connectivity index (χ0v) is 9.51. The second-order valence-electron chi connectivity index (χ2n) is 4.22. The second kappa shape index (κ2) is 4.18. The predicted molar refractivity (Wildman–Crippen MR) is 62.9 cm³/mol. The molecule has 5 heteroatoms. The molecule has 0 radical (unpaired) electrons. The summed E-state index contributed by atoms with van der Waals surface area (Å²) in [5, 5.41) is 2.69. The molecule has 2 aliphatic heterocycles. The van der Waals surface area contributed by atoms with E-state index in [1.54, 1.807) is 0 Å². The fourth-order valence-electron chi connectivity index (χ4n) is 2.04. The number of nitrogens with one attached hydrogen (secondary N) is 1. The Kier molecular flexibility index (Phi) is 2.51. The van der Waals surface area contributed by atoms with Gasteiger partial charge in [-0.3, -0.25) is 4.79 Å². The number of carbonyl (C=O) groups is 2. The first-order valence-corrected chi connectivity index (χ1v) is 5.62. The topological polar surface area (TPSA) is 64.6 Å². The first kappa shape index (κ1) is 10.8. The van der Waals surface area contributed by atoms with Gasteiger partial charge >= 0.3 is 0 Å². The molecule has 0 saturated carbocycles. The molecule has 1 amide bonds. The largest absolute Gasteiger partial charge is 0.454 e. The normalized spacial score (nSPS) is 23.2. The minimum atomic E-state index is -0.565. The van der Waals surface area contributed by atoms with Gasteiger partial charge in [0.25, 0.3) is 0 Å². The third kappa shape index (κ3) is 1.84. The Morgan fingerprint density at radius 3 is 2.89 bits per heavy atom. The summed E-state index contributed by atoms with van der Waals surface area (Å²) in [6, 6.07) is 5.54. The van der Waals surface area contributed by atoms with E-state index in [1.165, 1.54) is 0 Å². The van der Waals surface area contributed by atoms with E-state index in [2.05, 4.69) is 5.32 Å². The lowest BCUT2D eigenvalue weighted by Crippen LogP contribution is -2.18. The predicted octanol–water partition coefficient (Wildman–Crippen LogP) is 1.09. The molecular formula is C13H11NO4. The molecule has 0 aliphatic carbocycles. The van der Waals surface area contributed by atoms with E-state index in [4.69, 9.17) is 9.47 Å². The Labute approximate surface area is 103 Å². The summed E-state index contributed by atoms with van der Waals surface area (Å²) in [6.45, 7) is 0.235. The fraction of sp³-hybridized carbons (Fsp3) is 0.231. The highest BCUT2D eigenvalue weighted by molar-refractivity contribution is 5.96. The number of amides is 1. The zero-order valence-electron chi connectivity index (χ0n) is 9.51. The maximum atomic E-state index is 11.4. The molecule has 0 aromatic heterocycles. The van der Waals surface area contributed by atoms with Crippen LogP contribution in [0, 0.1) is 5.92 Å². The summed E-state index contributed by atoms with van der Waals surface area (Å²) in [5.74, 6) is 0.612. The van der Waals surface area contributed by atoms with E-state index >= 15 is 0 Å². The smallest absolute Gasteiger partial charge is 0.234 e. The van der Waals surface area contributed by atoms with Crippen LogP contribution in [0.3, 0.4) is 0 Å². The summed E-state index contributed by atoms with van der Waals surface area (Å²) in [4.78, 5) is 22.0. The van der Waals surface area contributed by atoms with E-state index in [9.17, 15) is 9.59 Å². The molecule has 1 unspecified atom stereocenters. The number of hydrogen-bond acceptors (Lipinski definition) is 4. The van der Waals surface area contributed by atoms with Crippen LogP contribution < -0.4 is 14.8 Å². The molecule has 92 valence electrons. The maximum absolute atomic E-state index is 11.4. The van der Waals surface area contributed by atoms with Crippen molar-refractivity contribution in [1.82, 2.24) is 5.32 Å². The highest BCUT2D eigenvalue weighted by atomic mass is 16.7. The van der Waals surface area contributed by atoms with Gasteiger partial charge in [0.1, 0.15) is 6.29 Å². The van der Waals surface area contributed by atoms with Gasteiger partial charge in [0.05, 0.1) is 5.92 Å². The number of rotatable bonds is 2. The van der Waals surface area contributed by atoms with Crippen molar-refractivity contribution in [2.24, 2.45) is 5.92 Å². The molecule has 2 heterocycles. The van der Waals surface area contributed by atoms with Crippen LogP contribution >= 0.6 is 0 Å². The molecule has 18 heavy (non-hydrogen) atoms. The molecule has 0 spiro atoms. The van der Waals surface area contributed by atoms with Crippen molar-refractivity contribution < 1.29 is 19.1 Å². The number of hydrogen-bond donors (Lipinski definition) is 1. The van der Waals surface area contributed by atoms with Gasteiger partial charge in [-0.1, -0.05) is 6.07 Å². The number of carbonyl (C=O) groups excluding carboxylic acids is 2. The van der Waals surface area contributed by atoms with Crippen LogP contribution in [0.25, 0.3) is 6.08 Å². The third-order valence-electron chi connectivity index (χ3n) is 2.96. The average Bonchev–Trinajstić information content (AvgIpc) is 2.95. The summed E-state index contributed by atoms with van der Waals surface area (Å²) in [7, 11) is 0. The van der Waals surface area contributed by atoms with Crippen LogP contribution in [0.15, 0.2) is 23.9 Å². The van der Waals surface area contributed by atoms with E-state index < -0.39 is 5.92 Å². The van der Waals surface area contributed by atoms with E-state index in [0.29, 0.717) is 18.5 Å². The first-order valence-electron chi connectivity index (χ1n) is 5.62. The monoisotopic (exact) mass is 245 g/mol. The van der Waals surface area contributed by atoms with Crippen molar-refractivity contribution in [2.45, 2.75) is 6.42 Å². The standard InChI is InChI=1S/C13H11NO4/c15-6-9-5-10(14-13(9)16)3-8-1-2-11-12(4-8)18-7-17-11/h1-4,6,9H,5,7H2,(H,14,16). The van der Waals surface area contributed by atoms with E-state index in [-0.39, 0.29) is 12.7 Å². The van der Waals surface area contributed by atoms with Gasteiger partial charge in [-0.05, 0) is 23.8 Å². The molecule has 3 rings (SSSR count).